The molecule has 0 unspecified atom stereocenters. The highest BCUT2D eigenvalue weighted by molar-refractivity contribution is 7.13. The fourth-order valence-corrected chi connectivity index (χ4v) is 2.47. The molecule has 3 aromatic heterocycles. The summed E-state index contributed by atoms with van der Waals surface area (Å²) in [6.07, 6.45) is 1.40. The topological polar surface area (TPSA) is 62.2 Å². The Morgan fingerprint density at radius 2 is 2.25 bits per heavy atom. The molecule has 0 spiro atoms. The van der Waals surface area contributed by atoms with Crippen LogP contribution in [-0.4, -0.2) is 4.98 Å². The van der Waals surface area contributed by atoms with Crippen LogP contribution >= 0.6 is 11.3 Å². The molecule has 0 aromatic carbocycles. The maximum absolute atomic E-state index is 11.4. The van der Waals surface area contributed by atoms with E-state index in [0.717, 1.165) is 22.2 Å². The van der Waals surface area contributed by atoms with Gasteiger partial charge < -0.3 is 14.4 Å². The van der Waals surface area contributed by atoms with Gasteiger partial charge in [0, 0.05) is 11.4 Å². The van der Waals surface area contributed by atoms with Crippen molar-refractivity contribution in [2.45, 2.75) is 13.5 Å². The molecular formula is C14H12N2O3S. The first kappa shape index (κ1) is 12.7. The summed E-state index contributed by atoms with van der Waals surface area (Å²) in [6, 6.07) is 8.82. The average molecular weight is 288 g/mol. The monoisotopic (exact) mass is 288 g/mol. The summed E-state index contributed by atoms with van der Waals surface area (Å²) in [6.45, 7) is 2.14. The summed E-state index contributed by atoms with van der Waals surface area (Å²) in [5, 5.41) is 14.1. The second kappa shape index (κ2) is 5.34. The first-order valence-electron chi connectivity index (χ1n) is 6.04. The summed E-state index contributed by atoms with van der Waals surface area (Å²) >= 11 is 1.49. The molecule has 0 fully saturated rings. The number of aromatic nitrogens is 2. The number of ether oxygens (including phenoxy) is 1. The van der Waals surface area contributed by atoms with E-state index in [1.54, 1.807) is 18.2 Å². The zero-order chi connectivity index (χ0) is 13.9. The third-order valence-corrected chi connectivity index (χ3v) is 3.57. The number of nitrogens with zero attached hydrogens (tertiary/aromatic N) is 2. The number of rotatable bonds is 4. The highest BCUT2D eigenvalue weighted by Gasteiger charge is 2.10. The number of pyridine rings is 1. The van der Waals surface area contributed by atoms with Crippen LogP contribution in [0.5, 0.6) is 5.88 Å². The minimum atomic E-state index is 0.252. The van der Waals surface area contributed by atoms with E-state index in [2.05, 4.69) is 4.98 Å². The summed E-state index contributed by atoms with van der Waals surface area (Å²) in [7, 11) is 0. The molecule has 3 heterocycles. The van der Waals surface area contributed by atoms with Crippen molar-refractivity contribution >= 4 is 11.3 Å². The number of thiazole rings is 1. The highest BCUT2D eigenvalue weighted by atomic mass is 32.1. The fourth-order valence-electron chi connectivity index (χ4n) is 1.71. The summed E-state index contributed by atoms with van der Waals surface area (Å²) < 4.78 is 11.6. The molecule has 0 radical (unpaired) electrons. The van der Waals surface area contributed by atoms with E-state index in [1.165, 1.54) is 17.5 Å². The summed E-state index contributed by atoms with van der Waals surface area (Å²) in [5.74, 6) is 1.86. The van der Waals surface area contributed by atoms with E-state index in [0.29, 0.717) is 4.73 Å². The van der Waals surface area contributed by atoms with Gasteiger partial charge in [0.15, 0.2) is 17.0 Å². The maximum Gasteiger partial charge on any atom is 0.379 e. The van der Waals surface area contributed by atoms with Gasteiger partial charge in [0.05, 0.1) is 11.8 Å². The van der Waals surface area contributed by atoms with Gasteiger partial charge in [-0.05, 0) is 25.1 Å². The van der Waals surface area contributed by atoms with E-state index >= 15 is 0 Å². The standard InChI is InChI=1S/C14H12N2O3S/c1-10-5-6-12(19-10)14-15-11(9-20-14)8-18-13-4-2-3-7-16(13)17/h2-7,9H,8H2,1H3. The van der Waals surface area contributed by atoms with Crippen LogP contribution in [0.25, 0.3) is 10.8 Å². The second-order valence-electron chi connectivity index (χ2n) is 4.21. The molecule has 3 aromatic rings. The van der Waals surface area contributed by atoms with Crippen LogP contribution in [0, 0.1) is 12.1 Å². The van der Waals surface area contributed by atoms with Gasteiger partial charge in [-0.2, -0.15) is 0 Å². The van der Waals surface area contributed by atoms with Gasteiger partial charge in [-0.15, -0.1) is 16.1 Å². The normalized spacial score (nSPS) is 10.7. The minimum absolute atomic E-state index is 0.252. The Balaban J connectivity index is 1.70. The van der Waals surface area contributed by atoms with Crippen molar-refractivity contribution in [3.8, 4) is 16.6 Å². The van der Waals surface area contributed by atoms with Crippen LogP contribution in [0.2, 0.25) is 0 Å². The van der Waals surface area contributed by atoms with Gasteiger partial charge in [0.1, 0.15) is 12.4 Å². The SMILES string of the molecule is Cc1ccc(-c2nc(COc3cccc[n+]3[O-])cs2)o1. The first-order valence-corrected chi connectivity index (χ1v) is 6.92. The van der Waals surface area contributed by atoms with Crippen LogP contribution in [0.3, 0.4) is 0 Å². The van der Waals surface area contributed by atoms with E-state index < -0.39 is 0 Å². The lowest BCUT2D eigenvalue weighted by Crippen LogP contribution is -2.27. The molecule has 0 saturated carbocycles. The number of hydrogen-bond donors (Lipinski definition) is 0. The molecule has 6 heteroatoms. The largest absolute Gasteiger partial charge is 0.616 e. The molecule has 0 N–H and O–H groups in total. The van der Waals surface area contributed by atoms with Crippen LogP contribution in [-0.2, 0) is 6.61 Å². The van der Waals surface area contributed by atoms with E-state index in [4.69, 9.17) is 9.15 Å². The van der Waals surface area contributed by atoms with Gasteiger partial charge >= 0.3 is 5.88 Å². The van der Waals surface area contributed by atoms with Crippen LogP contribution in [0.4, 0.5) is 0 Å². The molecule has 0 bridgehead atoms. The van der Waals surface area contributed by atoms with Crippen molar-refractivity contribution in [3.05, 3.63) is 58.6 Å². The molecule has 5 nitrogen and oxygen atoms in total. The second-order valence-corrected chi connectivity index (χ2v) is 5.07. The maximum atomic E-state index is 11.4. The molecule has 0 aliphatic carbocycles. The average Bonchev–Trinajstić information content (AvgIpc) is 3.06. The molecular weight excluding hydrogens is 276 g/mol. The Labute approximate surface area is 119 Å². The van der Waals surface area contributed by atoms with Crippen molar-refractivity contribution in [1.82, 2.24) is 4.98 Å². The third-order valence-electron chi connectivity index (χ3n) is 2.66. The lowest BCUT2D eigenvalue weighted by molar-refractivity contribution is -0.613. The minimum Gasteiger partial charge on any atom is -0.616 e. The zero-order valence-corrected chi connectivity index (χ0v) is 11.6. The molecule has 0 saturated heterocycles. The molecule has 0 atom stereocenters. The van der Waals surface area contributed by atoms with E-state index in [9.17, 15) is 5.21 Å². The Kier molecular flexibility index (Phi) is 3.39. The zero-order valence-electron chi connectivity index (χ0n) is 10.8. The van der Waals surface area contributed by atoms with Crippen molar-refractivity contribution < 1.29 is 13.9 Å². The third kappa shape index (κ3) is 2.65. The van der Waals surface area contributed by atoms with Crippen molar-refractivity contribution in [3.63, 3.8) is 0 Å². The predicted octanol–water partition coefficient (Wildman–Crippen LogP) is 2.92. The quantitative estimate of drug-likeness (QED) is 0.547. The van der Waals surface area contributed by atoms with Crippen molar-refractivity contribution in [2.24, 2.45) is 0 Å². The fraction of sp³-hybridized carbons (Fsp3) is 0.143. The molecule has 20 heavy (non-hydrogen) atoms. The van der Waals surface area contributed by atoms with E-state index in [1.807, 2.05) is 24.4 Å². The molecule has 0 aliphatic rings. The summed E-state index contributed by atoms with van der Waals surface area (Å²) in [5.41, 5.74) is 0.767. The number of furan rings is 1. The number of hydrogen-bond acceptors (Lipinski definition) is 5. The molecule has 0 amide bonds. The van der Waals surface area contributed by atoms with Crippen molar-refractivity contribution in [1.29, 1.82) is 0 Å². The van der Waals surface area contributed by atoms with Crippen LogP contribution < -0.4 is 9.47 Å². The van der Waals surface area contributed by atoms with Crippen LogP contribution in [0.15, 0.2) is 46.3 Å². The van der Waals surface area contributed by atoms with Gasteiger partial charge in [-0.25, -0.2) is 4.98 Å². The van der Waals surface area contributed by atoms with E-state index in [-0.39, 0.29) is 12.5 Å². The number of aryl methyl sites for hydroxylation is 1. The Bertz CT molecular complexity index is 721. The van der Waals surface area contributed by atoms with Gasteiger partial charge in [-0.3, -0.25) is 0 Å². The highest BCUT2D eigenvalue weighted by Crippen LogP contribution is 2.25. The lowest BCUT2D eigenvalue weighted by Gasteiger charge is -2.03. The Morgan fingerprint density at radius 1 is 1.35 bits per heavy atom. The molecule has 0 aliphatic heterocycles. The smallest absolute Gasteiger partial charge is 0.379 e. The Hall–Kier alpha value is -2.34. The van der Waals surface area contributed by atoms with Gasteiger partial charge in [-0.1, -0.05) is 0 Å². The first-order chi connectivity index (χ1) is 9.72. The van der Waals surface area contributed by atoms with Crippen molar-refractivity contribution in [2.75, 3.05) is 0 Å². The van der Waals surface area contributed by atoms with Crippen LogP contribution in [0.1, 0.15) is 11.5 Å². The molecule has 102 valence electrons. The summed E-state index contributed by atoms with van der Waals surface area (Å²) in [4.78, 5) is 4.43. The lowest BCUT2D eigenvalue weighted by atomic mass is 10.4. The Morgan fingerprint density at radius 3 is 3.00 bits per heavy atom. The van der Waals surface area contributed by atoms with Gasteiger partial charge in [0.2, 0.25) is 0 Å². The predicted molar refractivity (Wildman–Crippen MR) is 74.3 cm³/mol. The van der Waals surface area contributed by atoms with Gasteiger partial charge in [0.25, 0.3) is 0 Å². The molecule has 3 rings (SSSR count).